The van der Waals surface area contributed by atoms with Gasteiger partial charge in [-0.15, -0.1) is 0 Å². The van der Waals surface area contributed by atoms with Gasteiger partial charge in [0.25, 0.3) is 0 Å². The van der Waals surface area contributed by atoms with Gasteiger partial charge in [-0.25, -0.2) is 0 Å². The first-order valence-electron chi connectivity index (χ1n) is 14.8. The van der Waals surface area contributed by atoms with Gasteiger partial charge in [0.1, 0.15) is 0 Å². The van der Waals surface area contributed by atoms with Crippen molar-refractivity contribution in [2.45, 2.75) is 126 Å². The van der Waals surface area contributed by atoms with Crippen LogP contribution in [0.3, 0.4) is 0 Å². The molecule has 2 aromatic carbocycles. The first-order valence-corrected chi connectivity index (χ1v) is 14.8. The Labute approximate surface area is 220 Å². The van der Waals surface area contributed by atoms with Gasteiger partial charge in [-0.1, -0.05) is 132 Å². The molecular formula is C35H58. The Morgan fingerprint density at radius 3 is 1.23 bits per heavy atom. The van der Waals surface area contributed by atoms with E-state index in [2.05, 4.69) is 104 Å². The monoisotopic (exact) mass is 478 g/mol. The third-order valence-corrected chi connectivity index (χ3v) is 9.00. The summed E-state index contributed by atoms with van der Waals surface area (Å²) in [7, 11) is 0. The minimum atomic E-state index is 0.412. The fourth-order valence-electron chi connectivity index (χ4n) is 7.30. The van der Waals surface area contributed by atoms with Gasteiger partial charge in [-0.2, -0.15) is 0 Å². The standard InChI is InChI=1S/C16H24.C15H22.2C2H6/c1-12(2)16(13(3)4)11-7-9-14-8-5-6-10-15(14)16;1-11(2)15(12(3)4)10-9-13-7-5-6-8-14(13)15;2*1-2/h5-6,8,10,12-13H,7,9,11H2,1-4H3;5-8,11-12H,9-10H2,1-4H3;2*1-2H3. The van der Waals surface area contributed by atoms with Gasteiger partial charge in [0.2, 0.25) is 0 Å². The van der Waals surface area contributed by atoms with Gasteiger partial charge in [-0.05, 0) is 78.0 Å². The van der Waals surface area contributed by atoms with Crippen molar-refractivity contribution in [2.75, 3.05) is 0 Å². The number of aryl methyl sites for hydroxylation is 2. The molecule has 0 bridgehead atoms. The first kappa shape index (κ1) is 31.5. The Morgan fingerprint density at radius 1 is 0.486 bits per heavy atom. The molecule has 0 aliphatic heterocycles. The highest BCUT2D eigenvalue weighted by Crippen LogP contribution is 2.49. The lowest BCUT2D eigenvalue weighted by Gasteiger charge is -2.46. The number of hydrogen-bond donors (Lipinski definition) is 0. The largest absolute Gasteiger partial charge is 0.0683 e. The lowest BCUT2D eigenvalue weighted by atomic mass is 9.58. The zero-order valence-electron chi connectivity index (χ0n) is 25.5. The highest BCUT2D eigenvalue weighted by Gasteiger charge is 2.43. The lowest BCUT2D eigenvalue weighted by Crippen LogP contribution is -2.41. The summed E-state index contributed by atoms with van der Waals surface area (Å²) in [6.07, 6.45) is 6.60. The van der Waals surface area contributed by atoms with Gasteiger partial charge in [0.05, 0.1) is 0 Å². The van der Waals surface area contributed by atoms with Crippen molar-refractivity contribution < 1.29 is 0 Å². The Morgan fingerprint density at radius 2 is 0.829 bits per heavy atom. The average molecular weight is 479 g/mol. The van der Waals surface area contributed by atoms with Crippen molar-refractivity contribution in [3.05, 3.63) is 70.8 Å². The lowest BCUT2D eigenvalue weighted by molar-refractivity contribution is 0.186. The molecule has 0 saturated heterocycles. The van der Waals surface area contributed by atoms with Crippen LogP contribution in [0.5, 0.6) is 0 Å². The van der Waals surface area contributed by atoms with Crippen molar-refractivity contribution >= 4 is 0 Å². The van der Waals surface area contributed by atoms with Crippen molar-refractivity contribution in [1.29, 1.82) is 0 Å². The van der Waals surface area contributed by atoms with Crippen LogP contribution in [0.2, 0.25) is 0 Å². The summed E-state index contributed by atoms with van der Waals surface area (Å²) in [5, 5.41) is 0. The van der Waals surface area contributed by atoms with Crippen LogP contribution in [-0.4, -0.2) is 0 Å². The molecule has 2 aromatic rings. The summed E-state index contributed by atoms with van der Waals surface area (Å²) in [5.74, 6) is 2.94. The maximum atomic E-state index is 2.39. The number of fused-ring (bicyclic) bond motifs is 2. The summed E-state index contributed by atoms with van der Waals surface area (Å²) in [6.45, 7) is 27.1. The summed E-state index contributed by atoms with van der Waals surface area (Å²) < 4.78 is 0. The van der Waals surface area contributed by atoms with Crippen molar-refractivity contribution in [3.63, 3.8) is 0 Å². The maximum Gasteiger partial charge on any atom is 0.000483 e. The zero-order valence-corrected chi connectivity index (χ0v) is 25.5. The molecule has 0 atom stereocenters. The minimum absolute atomic E-state index is 0.412. The van der Waals surface area contributed by atoms with Crippen LogP contribution in [-0.2, 0) is 23.7 Å². The highest BCUT2D eigenvalue weighted by atomic mass is 14.5. The van der Waals surface area contributed by atoms with E-state index in [-0.39, 0.29) is 0 Å². The third-order valence-electron chi connectivity index (χ3n) is 9.00. The number of rotatable bonds is 4. The SMILES string of the molecule is CC.CC.CC(C)C1(C(C)C)CCCc2ccccc21.CC(C)C1(C(C)C)CCc2ccccc21. The Kier molecular flexibility index (Phi) is 12.8. The van der Waals surface area contributed by atoms with E-state index in [1.54, 1.807) is 22.3 Å². The van der Waals surface area contributed by atoms with Gasteiger partial charge in [0.15, 0.2) is 0 Å². The summed E-state index contributed by atoms with van der Waals surface area (Å²) in [4.78, 5) is 0. The fourth-order valence-corrected chi connectivity index (χ4v) is 7.30. The van der Waals surface area contributed by atoms with Crippen LogP contribution < -0.4 is 0 Å². The van der Waals surface area contributed by atoms with Crippen LogP contribution in [0.25, 0.3) is 0 Å². The van der Waals surface area contributed by atoms with Crippen molar-refractivity contribution in [2.24, 2.45) is 23.7 Å². The van der Waals surface area contributed by atoms with Gasteiger partial charge in [0, 0.05) is 10.8 Å². The quantitative estimate of drug-likeness (QED) is 0.410. The smallest absolute Gasteiger partial charge is 0.000483 e. The Hall–Kier alpha value is -1.56. The summed E-state index contributed by atoms with van der Waals surface area (Å²) in [5.41, 5.74) is 7.27. The van der Waals surface area contributed by atoms with Crippen LogP contribution >= 0.6 is 0 Å². The molecular weight excluding hydrogens is 420 g/mol. The van der Waals surface area contributed by atoms with Crippen LogP contribution in [0.4, 0.5) is 0 Å². The van der Waals surface area contributed by atoms with E-state index < -0.39 is 0 Å². The van der Waals surface area contributed by atoms with E-state index in [1.807, 2.05) is 27.7 Å². The van der Waals surface area contributed by atoms with Crippen molar-refractivity contribution in [3.8, 4) is 0 Å². The molecule has 0 nitrogen and oxygen atoms in total. The van der Waals surface area contributed by atoms with E-state index in [9.17, 15) is 0 Å². The number of hydrogen-bond acceptors (Lipinski definition) is 0. The van der Waals surface area contributed by atoms with E-state index >= 15 is 0 Å². The molecule has 0 unspecified atom stereocenters. The topological polar surface area (TPSA) is 0 Å². The molecule has 2 aliphatic carbocycles. The van der Waals surface area contributed by atoms with Gasteiger partial charge in [-0.3, -0.25) is 0 Å². The first-order chi connectivity index (χ1) is 16.7. The predicted molar refractivity (Wildman–Crippen MR) is 160 cm³/mol. The van der Waals surface area contributed by atoms with Crippen LogP contribution in [0.15, 0.2) is 48.5 Å². The summed E-state index contributed by atoms with van der Waals surface area (Å²) in [6, 6.07) is 18.1. The molecule has 0 radical (unpaired) electrons. The predicted octanol–water partition coefficient (Wildman–Crippen LogP) is 10.8. The Bertz CT molecular complexity index is 836. The molecule has 198 valence electrons. The highest BCUT2D eigenvalue weighted by molar-refractivity contribution is 5.40. The molecule has 2 aliphatic rings. The summed E-state index contributed by atoms with van der Waals surface area (Å²) >= 11 is 0. The van der Waals surface area contributed by atoms with E-state index in [0.29, 0.717) is 10.8 Å². The van der Waals surface area contributed by atoms with E-state index in [1.165, 1.54) is 32.1 Å². The molecule has 0 fully saturated rings. The van der Waals surface area contributed by atoms with Crippen LogP contribution in [0.1, 0.15) is 125 Å². The van der Waals surface area contributed by atoms with Gasteiger partial charge < -0.3 is 0 Å². The third kappa shape index (κ3) is 6.23. The van der Waals surface area contributed by atoms with E-state index in [4.69, 9.17) is 0 Å². The molecule has 0 spiro atoms. The second-order valence-electron chi connectivity index (χ2n) is 11.4. The number of benzene rings is 2. The normalized spacial score (nSPS) is 16.9. The molecule has 0 N–H and O–H groups in total. The minimum Gasteiger partial charge on any atom is -0.0683 e. The Balaban J connectivity index is 0.000000307. The molecule has 35 heavy (non-hydrogen) atoms. The second-order valence-corrected chi connectivity index (χ2v) is 11.4. The maximum absolute atomic E-state index is 2.39. The zero-order chi connectivity index (χ0) is 26.8. The molecule has 4 rings (SSSR count). The molecule has 0 heterocycles. The van der Waals surface area contributed by atoms with E-state index in [0.717, 1.165) is 23.7 Å². The fraction of sp³-hybridized carbons (Fsp3) is 0.657. The molecule has 0 aromatic heterocycles. The van der Waals surface area contributed by atoms with Crippen molar-refractivity contribution in [1.82, 2.24) is 0 Å². The second kappa shape index (κ2) is 14.2. The average Bonchev–Trinajstić information content (AvgIpc) is 3.27. The van der Waals surface area contributed by atoms with Crippen LogP contribution in [0, 0.1) is 23.7 Å². The van der Waals surface area contributed by atoms with Gasteiger partial charge >= 0.3 is 0 Å². The molecule has 0 heteroatoms. The molecule has 0 amide bonds. The molecule has 0 saturated carbocycles.